The summed E-state index contributed by atoms with van der Waals surface area (Å²) in [6.45, 7) is 0.0561. The van der Waals surface area contributed by atoms with Gasteiger partial charge in [0.15, 0.2) is 6.29 Å². The molecular formula is C15H9BrFNO2. The van der Waals surface area contributed by atoms with Crippen LogP contribution in [0.15, 0.2) is 40.9 Å². The monoisotopic (exact) mass is 333 g/mol. The van der Waals surface area contributed by atoms with Gasteiger partial charge in [0, 0.05) is 15.6 Å². The number of nitrogens with zero attached hydrogens (tertiary/aromatic N) is 1. The molecule has 100 valence electrons. The Morgan fingerprint density at radius 3 is 2.80 bits per heavy atom. The van der Waals surface area contributed by atoms with Crippen LogP contribution < -0.4 is 4.74 Å². The first-order chi connectivity index (χ1) is 9.63. The second-order valence-corrected chi connectivity index (χ2v) is 4.86. The van der Waals surface area contributed by atoms with Crippen molar-refractivity contribution in [1.82, 2.24) is 0 Å². The summed E-state index contributed by atoms with van der Waals surface area (Å²) in [4.78, 5) is 10.8. The van der Waals surface area contributed by atoms with E-state index in [9.17, 15) is 9.18 Å². The van der Waals surface area contributed by atoms with E-state index in [-0.39, 0.29) is 6.61 Å². The van der Waals surface area contributed by atoms with Gasteiger partial charge in [0.2, 0.25) is 0 Å². The zero-order valence-electron chi connectivity index (χ0n) is 10.3. The Bertz CT molecular complexity index is 695. The molecule has 0 amide bonds. The van der Waals surface area contributed by atoms with E-state index in [0.717, 1.165) is 0 Å². The number of nitriles is 1. The largest absolute Gasteiger partial charge is 0.489 e. The lowest BCUT2D eigenvalue weighted by Crippen LogP contribution is -1.99. The van der Waals surface area contributed by atoms with Crippen LogP contribution in [0, 0.1) is 17.1 Å². The zero-order valence-corrected chi connectivity index (χ0v) is 11.9. The molecule has 0 spiro atoms. The molecule has 0 unspecified atom stereocenters. The van der Waals surface area contributed by atoms with Crippen LogP contribution in [-0.2, 0) is 6.61 Å². The Hall–Kier alpha value is -2.19. The van der Waals surface area contributed by atoms with E-state index in [1.165, 1.54) is 18.2 Å². The van der Waals surface area contributed by atoms with Gasteiger partial charge in [-0.1, -0.05) is 15.9 Å². The van der Waals surface area contributed by atoms with Crippen LogP contribution in [0.3, 0.4) is 0 Å². The molecule has 0 fully saturated rings. The molecule has 20 heavy (non-hydrogen) atoms. The number of aldehydes is 1. The minimum absolute atomic E-state index is 0.0561. The molecule has 0 aliphatic heterocycles. The number of carbonyl (C=O) groups is 1. The highest BCUT2D eigenvalue weighted by Gasteiger charge is 2.06. The van der Waals surface area contributed by atoms with Gasteiger partial charge in [0.25, 0.3) is 0 Å². The van der Waals surface area contributed by atoms with Crippen LogP contribution in [0.2, 0.25) is 0 Å². The number of rotatable bonds is 4. The van der Waals surface area contributed by atoms with Gasteiger partial charge in [0.1, 0.15) is 18.2 Å². The molecule has 2 rings (SSSR count). The van der Waals surface area contributed by atoms with Crippen LogP contribution in [0.5, 0.6) is 5.75 Å². The van der Waals surface area contributed by atoms with Crippen LogP contribution in [0.4, 0.5) is 4.39 Å². The van der Waals surface area contributed by atoms with Crippen molar-refractivity contribution in [2.24, 2.45) is 0 Å². The van der Waals surface area contributed by atoms with E-state index >= 15 is 0 Å². The van der Waals surface area contributed by atoms with Crippen molar-refractivity contribution in [1.29, 1.82) is 5.26 Å². The SMILES string of the molecule is N#Cc1ccc(F)cc1COc1ccc(Br)c(C=O)c1. The summed E-state index contributed by atoms with van der Waals surface area (Å²) < 4.78 is 19.3. The Balaban J connectivity index is 2.19. The minimum atomic E-state index is -0.424. The highest BCUT2D eigenvalue weighted by atomic mass is 79.9. The normalized spacial score (nSPS) is 9.85. The first-order valence-corrected chi connectivity index (χ1v) is 6.49. The third kappa shape index (κ3) is 3.22. The van der Waals surface area contributed by atoms with Crippen molar-refractivity contribution < 1.29 is 13.9 Å². The van der Waals surface area contributed by atoms with Gasteiger partial charge >= 0.3 is 0 Å². The van der Waals surface area contributed by atoms with Crippen molar-refractivity contribution in [3.05, 3.63) is 63.4 Å². The fourth-order valence-corrected chi connectivity index (χ4v) is 1.99. The molecule has 0 radical (unpaired) electrons. The number of halogens is 2. The summed E-state index contributed by atoms with van der Waals surface area (Å²) in [5.74, 6) is 0.0513. The molecule has 0 saturated carbocycles. The average molecular weight is 334 g/mol. The van der Waals surface area contributed by atoms with Crippen LogP contribution in [0.1, 0.15) is 21.5 Å². The fraction of sp³-hybridized carbons (Fsp3) is 0.0667. The molecule has 0 bridgehead atoms. The third-order valence-corrected chi connectivity index (χ3v) is 3.40. The second kappa shape index (κ2) is 6.31. The highest BCUT2D eigenvalue weighted by Crippen LogP contribution is 2.22. The number of carbonyl (C=O) groups excluding carboxylic acids is 1. The molecular weight excluding hydrogens is 325 g/mol. The quantitative estimate of drug-likeness (QED) is 0.798. The second-order valence-electron chi connectivity index (χ2n) is 4.00. The van der Waals surface area contributed by atoms with Gasteiger partial charge in [-0.3, -0.25) is 4.79 Å². The molecule has 3 nitrogen and oxygen atoms in total. The molecule has 2 aromatic carbocycles. The van der Waals surface area contributed by atoms with Crippen LogP contribution in [0.25, 0.3) is 0 Å². The van der Waals surface area contributed by atoms with Gasteiger partial charge in [-0.15, -0.1) is 0 Å². The Labute approximate surface area is 123 Å². The highest BCUT2D eigenvalue weighted by molar-refractivity contribution is 9.10. The molecule has 2 aromatic rings. The lowest BCUT2D eigenvalue weighted by Gasteiger charge is -2.09. The topological polar surface area (TPSA) is 50.1 Å². The standard InChI is InChI=1S/C15H9BrFNO2/c16-15-4-3-14(6-11(15)8-19)20-9-12-5-13(17)2-1-10(12)7-18/h1-6,8H,9H2. The Morgan fingerprint density at radius 2 is 2.10 bits per heavy atom. The summed E-state index contributed by atoms with van der Waals surface area (Å²) in [6.07, 6.45) is 0.708. The van der Waals surface area contributed by atoms with Crippen molar-refractivity contribution >= 4 is 22.2 Å². The maximum atomic E-state index is 13.2. The molecule has 0 aliphatic carbocycles. The number of hydrogen-bond acceptors (Lipinski definition) is 3. The first kappa shape index (κ1) is 14.2. The predicted molar refractivity (Wildman–Crippen MR) is 75.0 cm³/mol. The Morgan fingerprint density at radius 1 is 1.30 bits per heavy atom. The number of benzene rings is 2. The van der Waals surface area contributed by atoms with Crippen LogP contribution >= 0.6 is 15.9 Å². The van der Waals surface area contributed by atoms with Crippen molar-refractivity contribution in [3.8, 4) is 11.8 Å². The fourth-order valence-electron chi connectivity index (χ4n) is 1.65. The summed E-state index contributed by atoms with van der Waals surface area (Å²) in [5, 5.41) is 8.94. The third-order valence-electron chi connectivity index (χ3n) is 2.68. The average Bonchev–Trinajstić information content (AvgIpc) is 2.46. The van der Waals surface area contributed by atoms with Crippen molar-refractivity contribution in [2.45, 2.75) is 6.61 Å². The summed E-state index contributed by atoms with van der Waals surface area (Å²) in [7, 11) is 0. The molecule has 0 heterocycles. The van der Waals surface area contributed by atoms with Gasteiger partial charge in [-0.05, 0) is 36.4 Å². The van der Waals surface area contributed by atoms with Gasteiger partial charge in [0.05, 0.1) is 11.6 Å². The molecule has 0 aromatic heterocycles. The minimum Gasteiger partial charge on any atom is -0.489 e. The molecule has 0 aliphatic rings. The molecule has 5 heteroatoms. The van der Waals surface area contributed by atoms with E-state index in [0.29, 0.717) is 33.2 Å². The van der Waals surface area contributed by atoms with E-state index in [1.54, 1.807) is 18.2 Å². The van der Waals surface area contributed by atoms with E-state index < -0.39 is 5.82 Å². The first-order valence-electron chi connectivity index (χ1n) is 5.70. The van der Waals surface area contributed by atoms with Gasteiger partial charge < -0.3 is 4.74 Å². The van der Waals surface area contributed by atoms with E-state index in [4.69, 9.17) is 10.00 Å². The molecule has 0 N–H and O–H groups in total. The number of ether oxygens (including phenoxy) is 1. The summed E-state index contributed by atoms with van der Waals surface area (Å²) in [5.41, 5.74) is 1.28. The van der Waals surface area contributed by atoms with Crippen LogP contribution in [-0.4, -0.2) is 6.29 Å². The van der Waals surface area contributed by atoms with E-state index in [2.05, 4.69) is 15.9 Å². The predicted octanol–water partition coefficient (Wildman–Crippen LogP) is 3.85. The Kier molecular flexibility index (Phi) is 4.49. The molecule has 0 atom stereocenters. The lowest BCUT2D eigenvalue weighted by molar-refractivity contribution is 0.112. The van der Waals surface area contributed by atoms with Crippen molar-refractivity contribution in [2.75, 3.05) is 0 Å². The number of hydrogen-bond donors (Lipinski definition) is 0. The lowest BCUT2D eigenvalue weighted by atomic mass is 10.1. The maximum absolute atomic E-state index is 13.2. The summed E-state index contributed by atoms with van der Waals surface area (Å²) in [6, 6.07) is 10.8. The zero-order chi connectivity index (χ0) is 14.5. The smallest absolute Gasteiger partial charge is 0.151 e. The van der Waals surface area contributed by atoms with Gasteiger partial charge in [-0.2, -0.15) is 5.26 Å². The van der Waals surface area contributed by atoms with Crippen molar-refractivity contribution in [3.63, 3.8) is 0 Å². The van der Waals surface area contributed by atoms with Gasteiger partial charge in [-0.25, -0.2) is 4.39 Å². The summed E-state index contributed by atoms with van der Waals surface area (Å²) >= 11 is 3.24. The molecule has 0 saturated heterocycles. The van der Waals surface area contributed by atoms with E-state index in [1.807, 2.05) is 6.07 Å². The maximum Gasteiger partial charge on any atom is 0.151 e.